The van der Waals surface area contributed by atoms with Gasteiger partial charge >= 0.3 is 0 Å². The van der Waals surface area contributed by atoms with E-state index in [-0.39, 0.29) is 0 Å². The number of sulfone groups is 1. The molecule has 0 bridgehead atoms. The summed E-state index contributed by atoms with van der Waals surface area (Å²) < 4.78 is 22.8. The third kappa shape index (κ3) is 2.93. The predicted molar refractivity (Wildman–Crippen MR) is 77.1 cm³/mol. The highest BCUT2D eigenvalue weighted by Crippen LogP contribution is 2.22. The molecule has 1 aromatic carbocycles. The van der Waals surface area contributed by atoms with Gasteiger partial charge < -0.3 is 5.32 Å². The normalized spacial score (nSPS) is 11.3. The first kappa shape index (κ1) is 13.5. The van der Waals surface area contributed by atoms with Crippen LogP contribution in [0.2, 0.25) is 0 Å². The van der Waals surface area contributed by atoms with Gasteiger partial charge in [-0.15, -0.1) is 0 Å². The Morgan fingerprint density at radius 3 is 2.21 bits per heavy atom. The summed E-state index contributed by atoms with van der Waals surface area (Å²) >= 11 is 0. The summed E-state index contributed by atoms with van der Waals surface area (Å²) in [6.07, 6.45) is 1.20. The van der Waals surface area contributed by atoms with Crippen molar-refractivity contribution in [3.63, 3.8) is 0 Å². The quantitative estimate of drug-likeness (QED) is 0.935. The highest BCUT2D eigenvalue weighted by Gasteiger charge is 2.08. The molecule has 1 N–H and O–H groups in total. The Bertz CT molecular complexity index is 692. The van der Waals surface area contributed by atoms with Crippen LogP contribution < -0.4 is 5.32 Å². The lowest BCUT2D eigenvalue weighted by Gasteiger charge is -2.07. The molecule has 0 aliphatic heterocycles. The van der Waals surface area contributed by atoms with Crippen molar-refractivity contribution in [3.05, 3.63) is 42.0 Å². The van der Waals surface area contributed by atoms with Crippen molar-refractivity contribution in [2.24, 2.45) is 0 Å². The lowest BCUT2D eigenvalue weighted by atomic mass is 10.1. The molecule has 1 aromatic heterocycles. The smallest absolute Gasteiger partial charge is 0.175 e. The fourth-order valence-corrected chi connectivity index (χ4v) is 2.45. The third-order valence-electron chi connectivity index (χ3n) is 2.91. The summed E-state index contributed by atoms with van der Waals surface area (Å²) in [6.45, 7) is 1.98. The van der Waals surface area contributed by atoms with Crippen LogP contribution in [0.25, 0.3) is 11.3 Å². The van der Waals surface area contributed by atoms with E-state index in [0.717, 1.165) is 22.6 Å². The van der Waals surface area contributed by atoms with Crippen molar-refractivity contribution in [1.29, 1.82) is 0 Å². The number of aryl methyl sites for hydroxylation is 1. The monoisotopic (exact) mass is 276 g/mol. The predicted octanol–water partition coefficient (Wildman–Crippen LogP) is 2.50. The number of hydrogen-bond acceptors (Lipinski definition) is 4. The van der Waals surface area contributed by atoms with Gasteiger partial charge in [0, 0.05) is 18.9 Å². The van der Waals surface area contributed by atoms with Gasteiger partial charge in [0.1, 0.15) is 5.82 Å². The molecule has 100 valence electrons. The van der Waals surface area contributed by atoms with Gasteiger partial charge in [-0.25, -0.2) is 13.4 Å². The molecule has 0 amide bonds. The third-order valence-corrected chi connectivity index (χ3v) is 4.04. The largest absolute Gasteiger partial charge is 0.373 e. The number of nitrogens with one attached hydrogen (secondary N) is 1. The molecule has 0 aliphatic rings. The lowest BCUT2D eigenvalue weighted by Crippen LogP contribution is -1.98. The number of pyridine rings is 1. The molecule has 0 fully saturated rings. The van der Waals surface area contributed by atoms with Crippen LogP contribution in [0.5, 0.6) is 0 Å². The molecule has 0 saturated carbocycles. The van der Waals surface area contributed by atoms with E-state index < -0.39 is 9.84 Å². The first-order chi connectivity index (χ1) is 8.91. The second-order valence-corrected chi connectivity index (χ2v) is 6.42. The summed E-state index contributed by atoms with van der Waals surface area (Å²) in [5, 5.41) is 3.03. The molecular formula is C14H16N2O2S. The van der Waals surface area contributed by atoms with Crippen molar-refractivity contribution in [2.45, 2.75) is 11.8 Å². The Kier molecular flexibility index (Phi) is 3.57. The Morgan fingerprint density at radius 1 is 1.05 bits per heavy atom. The van der Waals surface area contributed by atoms with Crippen molar-refractivity contribution < 1.29 is 8.42 Å². The zero-order valence-electron chi connectivity index (χ0n) is 11.1. The van der Waals surface area contributed by atoms with Crippen LogP contribution >= 0.6 is 0 Å². The molecule has 4 nitrogen and oxygen atoms in total. The Morgan fingerprint density at radius 2 is 1.68 bits per heavy atom. The number of benzene rings is 1. The van der Waals surface area contributed by atoms with Crippen molar-refractivity contribution in [1.82, 2.24) is 4.98 Å². The van der Waals surface area contributed by atoms with E-state index in [4.69, 9.17) is 0 Å². The summed E-state index contributed by atoms with van der Waals surface area (Å²) in [7, 11) is -1.33. The molecule has 0 saturated heterocycles. The standard InChI is InChI=1S/C14H16N2O2S/c1-10-4-9-13(16-14(10)15-2)11-5-7-12(8-6-11)19(3,17)18/h4-9H,1-3H3,(H,15,16). The number of anilines is 1. The van der Waals surface area contributed by atoms with Gasteiger partial charge in [-0.2, -0.15) is 0 Å². The fourth-order valence-electron chi connectivity index (χ4n) is 1.82. The minimum atomic E-state index is -3.15. The van der Waals surface area contributed by atoms with Crippen LogP contribution in [-0.2, 0) is 9.84 Å². The van der Waals surface area contributed by atoms with Crippen molar-refractivity contribution >= 4 is 15.7 Å². The number of aromatic nitrogens is 1. The fraction of sp³-hybridized carbons (Fsp3) is 0.214. The lowest BCUT2D eigenvalue weighted by molar-refractivity contribution is 0.602. The molecule has 0 aliphatic carbocycles. The molecular weight excluding hydrogens is 260 g/mol. The van der Waals surface area contributed by atoms with Crippen LogP contribution in [0.15, 0.2) is 41.3 Å². The van der Waals surface area contributed by atoms with E-state index in [2.05, 4.69) is 10.3 Å². The summed E-state index contributed by atoms with van der Waals surface area (Å²) in [5.74, 6) is 0.824. The van der Waals surface area contributed by atoms with Gasteiger partial charge in [0.15, 0.2) is 9.84 Å². The average Bonchev–Trinajstić information content (AvgIpc) is 2.38. The molecule has 0 radical (unpaired) electrons. The molecule has 19 heavy (non-hydrogen) atoms. The number of hydrogen-bond donors (Lipinski definition) is 1. The molecule has 2 aromatic rings. The SMILES string of the molecule is CNc1nc(-c2ccc(S(C)(=O)=O)cc2)ccc1C. The van der Waals surface area contributed by atoms with Crippen LogP contribution in [0, 0.1) is 6.92 Å². The van der Waals surface area contributed by atoms with E-state index in [1.807, 2.05) is 26.1 Å². The first-order valence-corrected chi connectivity index (χ1v) is 7.77. The second kappa shape index (κ2) is 5.01. The maximum atomic E-state index is 11.4. The van der Waals surface area contributed by atoms with E-state index >= 15 is 0 Å². The van der Waals surface area contributed by atoms with Gasteiger partial charge in [-0.1, -0.05) is 18.2 Å². The highest BCUT2D eigenvalue weighted by atomic mass is 32.2. The molecule has 2 rings (SSSR count). The zero-order chi connectivity index (χ0) is 14.0. The van der Waals surface area contributed by atoms with Gasteiger partial charge in [-0.3, -0.25) is 0 Å². The topological polar surface area (TPSA) is 59.1 Å². The minimum absolute atomic E-state index is 0.317. The van der Waals surface area contributed by atoms with Crippen LogP contribution in [0.3, 0.4) is 0 Å². The molecule has 0 atom stereocenters. The van der Waals surface area contributed by atoms with Crippen molar-refractivity contribution in [2.75, 3.05) is 18.6 Å². The Balaban J connectivity index is 2.43. The van der Waals surface area contributed by atoms with Gasteiger partial charge in [0.05, 0.1) is 10.6 Å². The summed E-state index contributed by atoms with van der Waals surface area (Å²) in [6, 6.07) is 10.7. The van der Waals surface area contributed by atoms with Gasteiger partial charge in [-0.05, 0) is 30.7 Å². The highest BCUT2D eigenvalue weighted by molar-refractivity contribution is 7.90. The minimum Gasteiger partial charge on any atom is -0.373 e. The summed E-state index contributed by atoms with van der Waals surface area (Å²) in [5.41, 5.74) is 2.78. The van der Waals surface area contributed by atoms with Crippen LogP contribution in [0.4, 0.5) is 5.82 Å². The molecule has 5 heteroatoms. The second-order valence-electron chi connectivity index (χ2n) is 4.41. The average molecular weight is 276 g/mol. The number of nitrogens with zero attached hydrogens (tertiary/aromatic N) is 1. The van der Waals surface area contributed by atoms with Crippen molar-refractivity contribution in [3.8, 4) is 11.3 Å². The van der Waals surface area contributed by atoms with E-state index in [1.54, 1.807) is 24.3 Å². The maximum absolute atomic E-state index is 11.4. The number of rotatable bonds is 3. The zero-order valence-corrected chi connectivity index (χ0v) is 12.0. The first-order valence-electron chi connectivity index (χ1n) is 5.87. The van der Waals surface area contributed by atoms with Gasteiger partial charge in [0.25, 0.3) is 0 Å². The summed E-state index contributed by atoms with van der Waals surface area (Å²) in [4.78, 5) is 4.81. The molecule has 1 heterocycles. The molecule has 0 unspecified atom stereocenters. The Labute approximate surface area is 113 Å². The Hall–Kier alpha value is -1.88. The maximum Gasteiger partial charge on any atom is 0.175 e. The van der Waals surface area contributed by atoms with E-state index in [0.29, 0.717) is 4.90 Å². The van der Waals surface area contributed by atoms with Gasteiger partial charge in [0.2, 0.25) is 0 Å². The molecule has 0 spiro atoms. The van der Waals surface area contributed by atoms with E-state index in [1.165, 1.54) is 6.26 Å². The van der Waals surface area contributed by atoms with Crippen LogP contribution in [-0.4, -0.2) is 26.7 Å². The van der Waals surface area contributed by atoms with E-state index in [9.17, 15) is 8.42 Å². The van der Waals surface area contributed by atoms with Crippen LogP contribution in [0.1, 0.15) is 5.56 Å².